The summed E-state index contributed by atoms with van der Waals surface area (Å²) in [6.07, 6.45) is 2.62. The van der Waals surface area contributed by atoms with Crippen molar-refractivity contribution >= 4 is 11.8 Å². The van der Waals surface area contributed by atoms with Crippen LogP contribution in [-0.4, -0.2) is 20.5 Å². The number of nitriles is 1. The molecule has 0 amide bonds. The molecule has 4 nitrogen and oxygen atoms in total. The number of aromatic nitrogens is 3. The summed E-state index contributed by atoms with van der Waals surface area (Å²) in [5.74, 6) is 0.985. The van der Waals surface area contributed by atoms with E-state index in [9.17, 15) is 4.39 Å². The molecule has 3 rings (SSSR count). The van der Waals surface area contributed by atoms with Crippen molar-refractivity contribution in [3.63, 3.8) is 0 Å². The summed E-state index contributed by atoms with van der Waals surface area (Å²) in [5, 5.41) is 17.7. The predicted molar refractivity (Wildman–Crippen MR) is 74.6 cm³/mol. The highest BCUT2D eigenvalue weighted by Gasteiger charge is 2.30. The van der Waals surface area contributed by atoms with E-state index >= 15 is 0 Å². The van der Waals surface area contributed by atoms with E-state index in [1.54, 1.807) is 18.2 Å². The molecule has 1 aliphatic carbocycles. The smallest absolute Gasteiger partial charge is 0.191 e. The van der Waals surface area contributed by atoms with Gasteiger partial charge in [-0.15, -0.1) is 10.2 Å². The van der Waals surface area contributed by atoms with Gasteiger partial charge in [0.2, 0.25) is 0 Å². The van der Waals surface area contributed by atoms with Crippen molar-refractivity contribution in [3.05, 3.63) is 30.1 Å². The van der Waals surface area contributed by atoms with E-state index in [1.165, 1.54) is 17.8 Å². The zero-order chi connectivity index (χ0) is 13.9. The quantitative estimate of drug-likeness (QED) is 0.625. The lowest BCUT2D eigenvalue weighted by atomic mass is 10.2. The number of hydrogen-bond donors (Lipinski definition) is 0. The van der Waals surface area contributed by atoms with E-state index in [4.69, 9.17) is 5.26 Å². The Kier molecular flexibility index (Phi) is 3.70. The third-order valence-electron chi connectivity index (χ3n) is 3.14. The number of benzene rings is 1. The monoisotopic (exact) mass is 288 g/mol. The molecule has 0 spiro atoms. The molecule has 0 bridgehead atoms. The molecule has 1 aromatic carbocycles. The van der Waals surface area contributed by atoms with Gasteiger partial charge in [0, 0.05) is 18.2 Å². The molecule has 0 radical (unpaired) electrons. The van der Waals surface area contributed by atoms with Gasteiger partial charge in [0.15, 0.2) is 11.0 Å². The summed E-state index contributed by atoms with van der Waals surface area (Å²) in [7, 11) is 0. The Labute approximate surface area is 120 Å². The second kappa shape index (κ2) is 5.63. The number of nitrogens with zero attached hydrogens (tertiary/aromatic N) is 4. The lowest BCUT2D eigenvalue weighted by Gasteiger charge is -2.08. The molecule has 0 unspecified atom stereocenters. The average Bonchev–Trinajstić information content (AvgIpc) is 3.21. The fraction of sp³-hybridized carbons (Fsp3) is 0.357. The number of rotatable bonds is 5. The van der Waals surface area contributed by atoms with Gasteiger partial charge >= 0.3 is 0 Å². The van der Waals surface area contributed by atoms with E-state index < -0.39 is 0 Å². The van der Waals surface area contributed by atoms with Crippen molar-refractivity contribution in [2.45, 2.75) is 30.5 Å². The van der Waals surface area contributed by atoms with E-state index in [0.717, 1.165) is 18.0 Å². The summed E-state index contributed by atoms with van der Waals surface area (Å²) in [6, 6.07) is 9.10. The molecule has 20 heavy (non-hydrogen) atoms. The molecule has 0 saturated heterocycles. The van der Waals surface area contributed by atoms with Crippen LogP contribution in [-0.2, 0) is 0 Å². The van der Waals surface area contributed by atoms with E-state index in [-0.39, 0.29) is 5.82 Å². The van der Waals surface area contributed by atoms with Crippen molar-refractivity contribution in [3.8, 4) is 17.5 Å². The Morgan fingerprint density at radius 1 is 1.35 bits per heavy atom. The molecule has 1 saturated carbocycles. The Morgan fingerprint density at radius 3 is 2.85 bits per heavy atom. The van der Waals surface area contributed by atoms with Gasteiger partial charge in [0.05, 0.1) is 11.6 Å². The second-order valence-electron chi connectivity index (χ2n) is 4.64. The topological polar surface area (TPSA) is 54.5 Å². The van der Waals surface area contributed by atoms with Gasteiger partial charge in [-0.3, -0.25) is 4.57 Å². The van der Waals surface area contributed by atoms with Crippen molar-refractivity contribution in [1.82, 2.24) is 14.8 Å². The molecule has 1 aromatic heterocycles. The lowest BCUT2D eigenvalue weighted by Crippen LogP contribution is -2.01. The van der Waals surface area contributed by atoms with Crippen molar-refractivity contribution in [2.75, 3.05) is 5.75 Å². The van der Waals surface area contributed by atoms with Crippen LogP contribution >= 0.6 is 11.8 Å². The Balaban J connectivity index is 1.96. The van der Waals surface area contributed by atoms with Gasteiger partial charge in [-0.05, 0) is 25.0 Å². The van der Waals surface area contributed by atoms with Crippen LogP contribution in [0.4, 0.5) is 4.39 Å². The van der Waals surface area contributed by atoms with Crippen LogP contribution in [0, 0.1) is 17.1 Å². The summed E-state index contributed by atoms with van der Waals surface area (Å²) >= 11 is 1.51. The maximum Gasteiger partial charge on any atom is 0.191 e. The van der Waals surface area contributed by atoms with Crippen LogP contribution in [0.1, 0.15) is 25.3 Å². The Hall–Kier alpha value is -1.87. The van der Waals surface area contributed by atoms with Crippen LogP contribution in [0.5, 0.6) is 0 Å². The molecular formula is C14H13FN4S. The standard InChI is InChI=1S/C14H13FN4S/c15-12-5-2-1-4-11(12)13-17-18-14(20-9-3-8-16)19(13)10-6-7-10/h1-2,4-5,10H,3,6-7,9H2. The largest absolute Gasteiger partial charge is 0.299 e. The third kappa shape index (κ3) is 2.54. The maximum atomic E-state index is 13.9. The fourth-order valence-corrected chi connectivity index (χ4v) is 2.90. The molecular weight excluding hydrogens is 275 g/mol. The van der Waals surface area contributed by atoms with E-state index in [2.05, 4.69) is 16.3 Å². The van der Waals surface area contributed by atoms with Gasteiger partial charge in [0.1, 0.15) is 5.82 Å². The number of hydrogen-bond acceptors (Lipinski definition) is 4. The number of thioether (sulfide) groups is 1. The first-order valence-corrected chi connectivity index (χ1v) is 7.49. The SMILES string of the molecule is N#CCCSc1nnc(-c2ccccc2F)n1C1CC1. The summed E-state index contributed by atoms with van der Waals surface area (Å²) in [5.41, 5.74) is 0.485. The van der Waals surface area contributed by atoms with E-state index in [1.807, 2.05) is 4.57 Å². The average molecular weight is 288 g/mol. The van der Waals surface area contributed by atoms with Gasteiger partial charge < -0.3 is 0 Å². The molecule has 102 valence electrons. The fourth-order valence-electron chi connectivity index (χ4n) is 2.05. The molecule has 6 heteroatoms. The van der Waals surface area contributed by atoms with Crippen molar-refractivity contribution < 1.29 is 4.39 Å². The minimum Gasteiger partial charge on any atom is -0.299 e. The second-order valence-corrected chi connectivity index (χ2v) is 5.71. The Bertz CT molecular complexity index is 657. The summed E-state index contributed by atoms with van der Waals surface area (Å²) < 4.78 is 15.9. The first kappa shape index (κ1) is 13.1. The van der Waals surface area contributed by atoms with Crippen molar-refractivity contribution in [2.24, 2.45) is 0 Å². The minimum atomic E-state index is -0.282. The highest BCUT2D eigenvalue weighted by atomic mass is 32.2. The van der Waals surface area contributed by atoms with Crippen LogP contribution in [0.15, 0.2) is 29.4 Å². The van der Waals surface area contributed by atoms with E-state index in [0.29, 0.717) is 29.6 Å². The zero-order valence-electron chi connectivity index (χ0n) is 10.8. The van der Waals surface area contributed by atoms with Gasteiger partial charge in [-0.25, -0.2) is 4.39 Å². The molecule has 0 aliphatic heterocycles. The number of halogens is 1. The minimum absolute atomic E-state index is 0.282. The first-order chi connectivity index (χ1) is 9.81. The first-order valence-electron chi connectivity index (χ1n) is 6.51. The summed E-state index contributed by atoms with van der Waals surface area (Å²) in [4.78, 5) is 0. The molecule has 1 heterocycles. The lowest BCUT2D eigenvalue weighted by molar-refractivity contribution is 0.622. The van der Waals surface area contributed by atoms with Crippen LogP contribution in [0.3, 0.4) is 0 Å². The Morgan fingerprint density at radius 2 is 2.15 bits per heavy atom. The highest BCUT2D eigenvalue weighted by molar-refractivity contribution is 7.99. The van der Waals surface area contributed by atoms with Crippen LogP contribution in [0.25, 0.3) is 11.4 Å². The molecule has 0 N–H and O–H groups in total. The van der Waals surface area contributed by atoms with Gasteiger partial charge in [-0.2, -0.15) is 5.26 Å². The predicted octanol–water partition coefficient (Wildman–Crippen LogP) is 3.42. The normalized spacial score (nSPS) is 14.2. The van der Waals surface area contributed by atoms with Crippen LogP contribution in [0.2, 0.25) is 0 Å². The molecule has 2 aromatic rings. The zero-order valence-corrected chi connectivity index (χ0v) is 11.6. The molecule has 0 atom stereocenters. The van der Waals surface area contributed by atoms with Crippen molar-refractivity contribution in [1.29, 1.82) is 5.26 Å². The van der Waals surface area contributed by atoms with Gasteiger partial charge in [0.25, 0.3) is 0 Å². The van der Waals surface area contributed by atoms with Crippen LogP contribution < -0.4 is 0 Å². The third-order valence-corrected chi connectivity index (χ3v) is 4.08. The molecule has 1 fully saturated rings. The molecule has 1 aliphatic rings. The van der Waals surface area contributed by atoms with Gasteiger partial charge in [-0.1, -0.05) is 23.9 Å². The summed E-state index contributed by atoms with van der Waals surface area (Å²) in [6.45, 7) is 0. The maximum absolute atomic E-state index is 13.9. The highest BCUT2D eigenvalue weighted by Crippen LogP contribution is 2.41.